The van der Waals surface area contributed by atoms with Gasteiger partial charge in [0, 0.05) is 23.0 Å². The first kappa shape index (κ1) is 25.7. The molecule has 0 unspecified atom stereocenters. The molecule has 0 atom stereocenters. The Balaban J connectivity index is 1.39. The highest BCUT2D eigenvalue weighted by Gasteiger charge is 2.18. The number of hydrogen-bond acceptors (Lipinski definition) is 2. The van der Waals surface area contributed by atoms with E-state index in [2.05, 4.69) is 133 Å². The molecule has 6 aromatic rings. The van der Waals surface area contributed by atoms with Crippen molar-refractivity contribution in [1.82, 2.24) is 0 Å². The van der Waals surface area contributed by atoms with Gasteiger partial charge in [-0.05, 0) is 90.0 Å². The second-order valence-electron chi connectivity index (χ2n) is 11.2. The van der Waals surface area contributed by atoms with Crippen LogP contribution in [0.1, 0.15) is 22.3 Å². The third kappa shape index (κ3) is 4.79. The van der Waals surface area contributed by atoms with E-state index >= 15 is 0 Å². The standard InChI is InChI=1S/C40H30S2/c1-2-9-35-29-14-16-30(17-15-29)38-19-18-32-22-40(38)39-21-28(12-13-34(39)26-42-25-33(35)7-1)24-41-23-27-6-5-8-31(20-27)36-10-3-4-11-37(32)36/h1-22H,23-26H2. The molecule has 0 fully saturated rings. The van der Waals surface area contributed by atoms with Crippen molar-refractivity contribution < 1.29 is 0 Å². The van der Waals surface area contributed by atoms with E-state index in [4.69, 9.17) is 0 Å². The van der Waals surface area contributed by atoms with E-state index < -0.39 is 0 Å². The molecule has 0 aliphatic carbocycles. The molecule has 3 aliphatic rings. The van der Waals surface area contributed by atoms with Gasteiger partial charge in [0.05, 0.1) is 0 Å². The zero-order valence-electron chi connectivity index (χ0n) is 23.3. The lowest BCUT2D eigenvalue weighted by Crippen LogP contribution is -1.96. The van der Waals surface area contributed by atoms with Crippen molar-refractivity contribution in [2.45, 2.75) is 23.0 Å². The maximum atomic E-state index is 2.47. The number of benzene rings is 6. The van der Waals surface area contributed by atoms with Crippen molar-refractivity contribution in [1.29, 1.82) is 0 Å². The molecule has 6 aromatic carbocycles. The first-order chi connectivity index (χ1) is 20.8. The summed E-state index contributed by atoms with van der Waals surface area (Å²) in [5.41, 5.74) is 18.6. The molecule has 0 saturated heterocycles. The third-order valence-corrected chi connectivity index (χ3v) is 10.6. The summed E-state index contributed by atoms with van der Waals surface area (Å²) in [7, 11) is 0. The van der Waals surface area contributed by atoms with Crippen molar-refractivity contribution in [3.63, 3.8) is 0 Å². The van der Waals surface area contributed by atoms with Gasteiger partial charge in [-0.15, -0.1) is 0 Å². The van der Waals surface area contributed by atoms with Gasteiger partial charge in [0.15, 0.2) is 0 Å². The number of hydrogen-bond donors (Lipinski definition) is 0. The monoisotopic (exact) mass is 574 g/mol. The number of thioether (sulfide) groups is 2. The van der Waals surface area contributed by atoms with Gasteiger partial charge in [0.1, 0.15) is 0 Å². The lowest BCUT2D eigenvalue weighted by molar-refractivity contribution is 1.32. The van der Waals surface area contributed by atoms with Crippen LogP contribution < -0.4 is 0 Å². The summed E-state index contributed by atoms with van der Waals surface area (Å²) in [4.78, 5) is 0. The van der Waals surface area contributed by atoms with E-state index in [0.29, 0.717) is 0 Å². The van der Waals surface area contributed by atoms with Crippen LogP contribution in [0.15, 0.2) is 133 Å². The van der Waals surface area contributed by atoms with E-state index in [0.717, 1.165) is 23.0 Å². The average molecular weight is 575 g/mol. The highest BCUT2D eigenvalue weighted by molar-refractivity contribution is 7.98. The van der Waals surface area contributed by atoms with Crippen molar-refractivity contribution in [3.8, 4) is 55.6 Å². The van der Waals surface area contributed by atoms with Crippen LogP contribution in [0, 0.1) is 0 Å². The van der Waals surface area contributed by atoms with Gasteiger partial charge in [-0.3, -0.25) is 0 Å². The molecule has 0 N–H and O–H groups in total. The van der Waals surface area contributed by atoms with Gasteiger partial charge < -0.3 is 0 Å². The second kappa shape index (κ2) is 11.0. The second-order valence-corrected chi connectivity index (χ2v) is 13.2. The fourth-order valence-electron chi connectivity index (χ4n) is 6.41. The van der Waals surface area contributed by atoms with Crippen LogP contribution in [0.5, 0.6) is 0 Å². The Hall–Kier alpha value is -3.98. The van der Waals surface area contributed by atoms with E-state index in [1.807, 2.05) is 23.5 Å². The summed E-state index contributed by atoms with van der Waals surface area (Å²) in [5.74, 6) is 3.98. The fraction of sp³-hybridized carbons (Fsp3) is 0.100. The smallest absolute Gasteiger partial charge is 0.0194 e. The summed E-state index contributed by atoms with van der Waals surface area (Å²) >= 11 is 4.02. The first-order valence-corrected chi connectivity index (χ1v) is 16.9. The van der Waals surface area contributed by atoms with Gasteiger partial charge in [0.25, 0.3) is 0 Å². The quantitative estimate of drug-likeness (QED) is 0.177. The molecule has 3 heterocycles. The molecule has 0 aromatic heterocycles. The minimum atomic E-state index is 0.980. The SMILES string of the molecule is c1cc2cc(c1)-c1ccccc1-c1ccc3c(c1)-c1cc(ccc1CSCc1ccccc1-c1ccc-3cc1)CSC2. The number of rotatable bonds is 0. The Morgan fingerprint density at radius 1 is 0.310 bits per heavy atom. The maximum Gasteiger partial charge on any atom is 0.0194 e. The maximum absolute atomic E-state index is 2.47. The molecule has 0 nitrogen and oxygen atoms in total. The van der Waals surface area contributed by atoms with Crippen LogP contribution in [0.25, 0.3) is 55.6 Å². The summed E-state index contributed by atoms with van der Waals surface area (Å²) < 4.78 is 0. The molecule has 9 rings (SSSR count). The van der Waals surface area contributed by atoms with E-state index in [-0.39, 0.29) is 0 Å². The number of fused-ring (bicyclic) bond motifs is 11. The van der Waals surface area contributed by atoms with Crippen LogP contribution in [0.3, 0.4) is 0 Å². The Bertz CT molecular complexity index is 1930. The zero-order chi connectivity index (χ0) is 27.9. The minimum Gasteiger partial charge on any atom is -0.152 e. The van der Waals surface area contributed by atoms with Gasteiger partial charge in [-0.2, -0.15) is 23.5 Å². The van der Waals surface area contributed by atoms with Crippen LogP contribution in [0.4, 0.5) is 0 Å². The zero-order valence-corrected chi connectivity index (χ0v) is 25.0. The van der Waals surface area contributed by atoms with Gasteiger partial charge in [0.2, 0.25) is 0 Å². The van der Waals surface area contributed by atoms with E-state index in [1.165, 1.54) is 77.9 Å². The Kier molecular flexibility index (Phi) is 6.75. The molecule has 42 heavy (non-hydrogen) atoms. The van der Waals surface area contributed by atoms with E-state index in [9.17, 15) is 0 Å². The predicted octanol–water partition coefficient (Wildman–Crippen LogP) is 11.5. The first-order valence-electron chi connectivity index (χ1n) is 14.6. The highest BCUT2D eigenvalue weighted by Crippen LogP contribution is 2.43. The minimum absolute atomic E-state index is 0.980. The molecule has 0 radical (unpaired) electrons. The van der Waals surface area contributed by atoms with Gasteiger partial charge in [-0.1, -0.05) is 121 Å². The van der Waals surface area contributed by atoms with Crippen LogP contribution in [-0.2, 0) is 23.0 Å². The molecular formula is C40H30S2. The van der Waals surface area contributed by atoms with E-state index in [1.54, 1.807) is 0 Å². The van der Waals surface area contributed by atoms with Crippen molar-refractivity contribution in [3.05, 3.63) is 156 Å². The van der Waals surface area contributed by atoms with Crippen LogP contribution in [0.2, 0.25) is 0 Å². The fourth-order valence-corrected chi connectivity index (χ4v) is 8.38. The van der Waals surface area contributed by atoms with Crippen LogP contribution in [-0.4, -0.2) is 0 Å². The molecule has 0 saturated carbocycles. The van der Waals surface area contributed by atoms with Gasteiger partial charge in [-0.25, -0.2) is 0 Å². The molecule has 0 amide bonds. The van der Waals surface area contributed by atoms with Gasteiger partial charge >= 0.3 is 0 Å². The molecule has 0 spiro atoms. The van der Waals surface area contributed by atoms with Crippen molar-refractivity contribution in [2.75, 3.05) is 0 Å². The molecular weight excluding hydrogens is 545 g/mol. The summed E-state index contributed by atoms with van der Waals surface area (Å²) in [5, 5.41) is 0. The molecule has 8 bridgehead atoms. The lowest BCUT2D eigenvalue weighted by atomic mass is 9.86. The highest BCUT2D eigenvalue weighted by atomic mass is 32.2. The predicted molar refractivity (Wildman–Crippen MR) is 184 cm³/mol. The summed E-state index contributed by atoms with van der Waals surface area (Å²) in [6, 6.07) is 50.5. The normalized spacial score (nSPS) is 13.6. The van der Waals surface area contributed by atoms with Crippen molar-refractivity contribution >= 4 is 23.5 Å². The third-order valence-electron chi connectivity index (χ3n) is 8.54. The topological polar surface area (TPSA) is 0 Å². The van der Waals surface area contributed by atoms with Crippen molar-refractivity contribution in [2.24, 2.45) is 0 Å². The molecule has 3 aliphatic heterocycles. The Morgan fingerprint density at radius 2 is 0.881 bits per heavy atom. The molecule has 2 heteroatoms. The Labute approximate surface area is 256 Å². The van der Waals surface area contributed by atoms with Crippen LogP contribution >= 0.6 is 23.5 Å². The largest absolute Gasteiger partial charge is 0.152 e. The average Bonchev–Trinajstić information content (AvgIpc) is 3.06. The lowest BCUT2D eigenvalue weighted by Gasteiger charge is -2.19. The Morgan fingerprint density at radius 3 is 1.67 bits per heavy atom. The summed E-state index contributed by atoms with van der Waals surface area (Å²) in [6.07, 6.45) is 0. The summed E-state index contributed by atoms with van der Waals surface area (Å²) in [6.45, 7) is 0. The molecule has 202 valence electrons.